The SMILES string of the molecule is CN(C)C(=O)NC1CCC(C[SH](C)C)C1. The van der Waals surface area contributed by atoms with Crippen LogP contribution in [0.15, 0.2) is 0 Å². The Morgan fingerprint density at radius 3 is 2.60 bits per heavy atom. The lowest BCUT2D eigenvalue weighted by atomic mass is 10.1. The van der Waals surface area contributed by atoms with Crippen LogP contribution in [0.3, 0.4) is 0 Å². The lowest BCUT2D eigenvalue weighted by molar-refractivity contribution is 0.213. The number of urea groups is 1. The van der Waals surface area contributed by atoms with E-state index in [4.69, 9.17) is 0 Å². The van der Waals surface area contributed by atoms with Crippen molar-refractivity contribution < 1.29 is 4.79 Å². The summed E-state index contributed by atoms with van der Waals surface area (Å²) in [7, 11) is 3.80. The van der Waals surface area contributed by atoms with Crippen LogP contribution < -0.4 is 5.32 Å². The van der Waals surface area contributed by atoms with Gasteiger partial charge >= 0.3 is 6.03 Å². The molecule has 4 heteroatoms. The first-order chi connectivity index (χ1) is 6.99. The summed E-state index contributed by atoms with van der Waals surface area (Å²) in [6.07, 6.45) is 8.30. The fraction of sp³-hybridized carbons (Fsp3) is 0.909. The van der Waals surface area contributed by atoms with E-state index in [0.717, 1.165) is 12.3 Å². The van der Waals surface area contributed by atoms with Gasteiger partial charge in [-0.25, -0.2) is 4.79 Å². The zero-order valence-electron chi connectivity index (χ0n) is 10.3. The van der Waals surface area contributed by atoms with E-state index in [0.29, 0.717) is 6.04 Å². The van der Waals surface area contributed by atoms with Crippen molar-refractivity contribution in [1.82, 2.24) is 10.2 Å². The molecular formula is C11H24N2OS. The molecule has 1 saturated carbocycles. The van der Waals surface area contributed by atoms with Gasteiger partial charge in [-0.3, -0.25) is 10.9 Å². The van der Waals surface area contributed by atoms with Gasteiger partial charge < -0.3 is 10.2 Å². The highest BCUT2D eigenvalue weighted by Gasteiger charge is 2.26. The minimum absolute atomic E-state index is 0.0518. The van der Waals surface area contributed by atoms with Crippen molar-refractivity contribution in [3.63, 3.8) is 0 Å². The molecule has 1 N–H and O–H groups in total. The number of amides is 2. The molecule has 1 aliphatic carbocycles. The second-order valence-corrected chi connectivity index (χ2v) is 7.51. The Morgan fingerprint density at radius 1 is 1.40 bits per heavy atom. The third kappa shape index (κ3) is 4.33. The van der Waals surface area contributed by atoms with Gasteiger partial charge in [0.2, 0.25) is 0 Å². The predicted molar refractivity (Wildman–Crippen MR) is 69.0 cm³/mol. The average molecular weight is 232 g/mol. The maximum Gasteiger partial charge on any atom is 0.317 e. The molecule has 0 saturated heterocycles. The first-order valence-corrected chi connectivity index (χ1v) is 8.03. The van der Waals surface area contributed by atoms with Crippen LogP contribution in [0, 0.1) is 5.92 Å². The van der Waals surface area contributed by atoms with Crippen LogP contribution in [0.5, 0.6) is 0 Å². The predicted octanol–water partition coefficient (Wildman–Crippen LogP) is 1.69. The Labute approximate surface area is 95.9 Å². The summed E-state index contributed by atoms with van der Waals surface area (Å²) in [4.78, 5) is 13.1. The zero-order chi connectivity index (χ0) is 11.4. The molecule has 0 spiro atoms. The topological polar surface area (TPSA) is 32.3 Å². The van der Waals surface area contributed by atoms with Crippen LogP contribution in [0.1, 0.15) is 19.3 Å². The second-order valence-electron chi connectivity index (χ2n) is 4.98. The van der Waals surface area contributed by atoms with Crippen molar-refractivity contribution in [3.05, 3.63) is 0 Å². The zero-order valence-corrected chi connectivity index (χ0v) is 11.2. The fourth-order valence-corrected chi connectivity index (χ4v) is 3.56. The molecule has 1 aliphatic rings. The molecule has 3 nitrogen and oxygen atoms in total. The molecule has 0 heterocycles. The lowest BCUT2D eigenvalue weighted by Gasteiger charge is -2.18. The maximum atomic E-state index is 11.4. The Balaban J connectivity index is 2.27. The van der Waals surface area contributed by atoms with Crippen molar-refractivity contribution in [1.29, 1.82) is 0 Å². The summed E-state index contributed by atoms with van der Waals surface area (Å²) in [5.41, 5.74) is 0. The molecule has 15 heavy (non-hydrogen) atoms. The van der Waals surface area contributed by atoms with E-state index in [2.05, 4.69) is 17.8 Å². The van der Waals surface area contributed by atoms with Gasteiger partial charge in [0.25, 0.3) is 0 Å². The second kappa shape index (κ2) is 5.64. The third-order valence-corrected chi connectivity index (χ3v) is 4.15. The molecule has 0 bridgehead atoms. The number of nitrogens with one attached hydrogen (secondary N) is 1. The third-order valence-electron chi connectivity index (χ3n) is 2.90. The van der Waals surface area contributed by atoms with E-state index in [9.17, 15) is 4.79 Å². The molecule has 1 fully saturated rings. The van der Waals surface area contributed by atoms with Crippen LogP contribution in [0.2, 0.25) is 0 Å². The van der Waals surface area contributed by atoms with Crippen molar-refractivity contribution in [2.75, 3.05) is 32.4 Å². The van der Waals surface area contributed by atoms with E-state index < -0.39 is 0 Å². The fourth-order valence-electron chi connectivity index (χ4n) is 2.19. The highest BCUT2D eigenvalue weighted by molar-refractivity contribution is 8.15. The quantitative estimate of drug-likeness (QED) is 0.713. The smallest absolute Gasteiger partial charge is 0.317 e. The van der Waals surface area contributed by atoms with Gasteiger partial charge in [0.05, 0.1) is 0 Å². The molecule has 0 aliphatic heterocycles. The number of rotatable bonds is 3. The molecular weight excluding hydrogens is 208 g/mol. The van der Waals surface area contributed by atoms with Crippen LogP contribution >= 0.6 is 10.9 Å². The Hall–Kier alpha value is -0.380. The number of hydrogen-bond donors (Lipinski definition) is 2. The van der Waals surface area contributed by atoms with Crippen LogP contribution in [0.4, 0.5) is 4.79 Å². The number of nitrogens with zero attached hydrogens (tertiary/aromatic N) is 1. The molecule has 1 rings (SSSR count). The molecule has 2 unspecified atom stereocenters. The highest BCUT2D eigenvalue weighted by Crippen LogP contribution is 2.31. The standard InChI is InChI=1S/C11H24N2OS/c1-13(2)11(14)12-10-6-5-9(7-10)8-15(3)4/h9-10,15H,5-8H2,1-4H3,(H,12,14). The van der Waals surface area contributed by atoms with E-state index in [1.54, 1.807) is 19.0 Å². The van der Waals surface area contributed by atoms with Gasteiger partial charge in [0.15, 0.2) is 0 Å². The van der Waals surface area contributed by atoms with Gasteiger partial charge in [0, 0.05) is 20.1 Å². The highest BCUT2D eigenvalue weighted by atomic mass is 32.2. The average Bonchev–Trinajstić information content (AvgIpc) is 2.51. The normalized spacial score (nSPS) is 26.3. The van der Waals surface area contributed by atoms with Gasteiger partial charge in [-0.05, 0) is 43.4 Å². The number of carbonyl (C=O) groups excluding carboxylic acids is 1. The molecule has 0 radical (unpaired) electrons. The van der Waals surface area contributed by atoms with Crippen LogP contribution in [-0.2, 0) is 0 Å². The molecule has 90 valence electrons. The van der Waals surface area contributed by atoms with Gasteiger partial charge in [-0.2, -0.15) is 0 Å². The monoisotopic (exact) mass is 232 g/mol. The van der Waals surface area contributed by atoms with E-state index in [1.807, 2.05) is 0 Å². The van der Waals surface area contributed by atoms with Crippen molar-refractivity contribution in [3.8, 4) is 0 Å². The summed E-state index contributed by atoms with van der Waals surface area (Å²) in [6, 6.07) is 0.468. The largest absolute Gasteiger partial charge is 0.335 e. The number of carbonyl (C=O) groups is 1. The van der Waals surface area contributed by atoms with E-state index in [-0.39, 0.29) is 16.9 Å². The Morgan fingerprint density at radius 2 is 2.07 bits per heavy atom. The minimum atomic E-state index is 0.0518. The molecule has 0 aromatic rings. The number of thiol groups is 1. The molecule has 0 aromatic carbocycles. The van der Waals surface area contributed by atoms with E-state index in [1.165, 1.54) is 18.6 Å². The molecule has 0 aromatic heterocycles. The van der Waals surface area contributed by atoms with Gasteiger partial charge in [0.1, 0.15) is 0 Å². The van der Waals surface area contributed by atoms with Gasteiger partial charge in [-0.1, -0.05) is 0 Å². The van der Waals surface area contributed by atoms with Crippen LogP contribution in [-0.4, -0.2) is 49.3 Å². The van der Waals surface area contributed by atoms with E-state index >= 15 is 0 Å². The van der Waals surface area contributed by atoms with Crippen molar-refractivity contribution >= 4 is 16.9 Å². The molecule has 2 amide bonds. The van der Waals surface area contributed by atoms with Gasteiger partial charge in [-0.15, -0.1) is 0 Å². The lowest BCUT2D eigenvalue weighted by Crippen LogP contribution is -2.40. The minimum Gasteiger partial charge on any atom is -0.335 e. The maximum absolute atomic E-state index is 11.4. The molecule has 2 atom stereocenters. The Kier molecular flexibility index (Phi) is 4.77. The first kappa shape index (κ1) is 12.7. The van der Waals surface area contributed by atoms with Crippen molar-refractivity contribution in [2.45, 2.75) is 25.3 Å². The summed E-state index contributed by atoms with van der Waals surface area (Å²) in [5.74, 6) is 2.21. The Bertz CT molecular complexity index is 219. The first-order valence-electron chi connectivity index (χ1n) is 5.61. The van der Waals surface area contributed by atoms with Crippen LogP contribution in [0.25, 0.3) is 0 Å². The van der Waals surface area contributed by atoms with Crippen molar-refractivity contribution in [2.24, 2.45) is 5.92 Å². The summed E-state index contributed by atoms with van der Waals surface area (Å²) in [5, 5.41) is 3.08. The summed E-state index contributed by atoms with van der Waals surface area (Å²) in [6.45, 7) is 0. The number of hydrogen-bond acceptors (Lipinski definition) is 1. The summed E-state index contributed by atoms with van der Waals surface area (Å²) < 4.78 is 0. The summed E-state index contributed by atoms with van der Waals surface area (Å²) >= 11 is 0.